The molecule has 1 unspecified atom stereocenters. The van der Waals surface area contributed by atoms with Gasteiger partial charge in [-0.1, -0.05) is 45.9 Å². The van der Waals surface area contributed by atoms with E-state index in [1.54, 1.807) is 0 Å². The molecule has 1 fully saturated rings. The van der Waals surface area contributed by atoms with Crippen LogP contribution in [0.25, 0.3) is 0 Å². The third-order valence-electron chi connectivity index (χ3n) is 6.27. The van der Waals surface area contributed by atoms with E-state index in [9.17, 15) is 0 Å². The van der Waals surface area contributed by atoms with E-state index in [4.69, 9.17) is 0 Å². The lowest BCUT2D eigenvalue weighted by Crippen LogP contribution is -2.29. The van der Waals surface area contributed by atoms with E-state index in [2.05, 4.69) is 62.6 Å². The third-order valence-corrected chi connectivity index (χ3v) is 6.27. The highest BCUT2D eigenvalue weighted by Gasteiger charge is 2.63. The van der Waals surface area contributed by atoms with E-state index in [0.29, 0.717) is 16.7 Å². The van der Waals surface area contributed by atoms with Crippen LogP contribution >= 0.6 is 0 Å². The molecule has 2 aliphatic rings. The lowest BCUT2D eigenvalue weighted by atomic mass is 9.91. The monoisotopic (exact) mass is 272 g/mol. The van der Waals surface area contributed by atoms with Gasteiger partial charge in [-0.3, -0.25) is 0 Å². The molecule has 2 nitrogen and oxygen atoms in total. The van der Waals surface area contributed by atoms with Gasteiger partial charge < -0.3 is 10.6 Å². The van der Waals surface area contributed by atoms with E-state index >= 15 is 0 Å². The van der Waals surface area contributed by atoms with Crippen LogP contribution in [0.15, 0.2) is 24.3 Å². The summed E-state index contributed by atoms with van der Waals surface area (Å²) < 4.78 is 0. The van der Waals surface area contributed by atoms with Crippen molar-refractivity contribution in [3.63, 3.8) is 0 Å². The minimum absolute atomic E-state index is 0.492. The summed E-state index contributed by atoms with van der Waals surface area (Å²) in [6.07, 6.45) is 1.24. The second kappa shape index (κ2) is 4.77. The molecular formula is C18H28N2. The topological polar surface area (TPSA) is 24.1 Å². The normalized spacial score (nSPS) is 26.7. The number of fused-ring (bicyclic) bond motifs is 1. The smallest absolute Gasteiger partial charge is 0.0376 e. The molecule has 1 atom stereocenters. The van der Waals surface area contributed by atoms with Crippen molar-refractivity contribution in [3.8, 4) is 0 Å². The van der Waals surface area contributed by atoms with Gasteiger partial charge >= 0.3 is 0 Å². The maximum absolute atomic E-state index is 3.74. The summed E-state index contributed by atoms with van der Waals surface area (Å²) in [5.41, 5.74) is 3.80. The molecule has 2 N–H and O–H groups in total. The van der Waals surface area contributed by atoms with Crippen molar-refractivity contribution in [2.45, 2.75) is 40.0 Å². The lowest BCUT2D eigenvalue weighted by Gasteiger charge is -2.27. The highest BCUT2D eigenvalue weighted by atomic mass is 14.9. The molecule has 1 aromatic carbocycles. The van der Waals surface area contributed by atoms with E-state index < -0.39 is 0 Å². The predicted molar refractivity (Wildman–Crippen MR) is 86.2 cm³/mol. The fourth-order valence-corrected chi connectivity index (χ4v) is 4.01. The molecule has 3 rings (SSSR count). The van der Waals surface area contributed by atoms with Crippen LogP contribution in [0.4, 0.5) is 5.69 Å². The molecule has 1 aromatic rings. The van der Waals surface area contributed by atoms with Gasteiger partial charge in [-0.2, -0.15) is 0 Å². The van der Waals surface area contributed by atoms with Crippen molar-refractivity contribution in [1.82, 2.24) is 5.32 Å². The molecule has 0 aromatic heterocycles. The zero-order valence-electron chi connectivity index (χ0n) is 13.3. The summed E-state index contributed by atoms with van der Waals surface area (Å²) >= 11 is 0. The second-order valence-electron chi connectivity index (χ2n) is 7.65. The van der Waals surface area contributed by atoms with Gasteiger partial charge in [0, 0.05) is 24.7 Å². The van der Waals surface area contributed by atoms with Crippen LogP contribution in [0.1, 0.15) is 45.6 Å². The molecule has 1 saturated carbocycles. The maximum Gasteiger partial charge on any atom is 0.0376 e. The summed E-state index contributed by atoms with van der Waals surface area (Å²) in [4.78, 5) is 0. The number of hydrogen-bond acceptors (Lipinski definition) is 2. The fraction of sp³-hybridized carbons (Fsp3) is 0.667. The van der Waals surface area contributed by atoms with Gasteiger partial charge in [-0.05, 0) is 41.3 Å². The van der Waals surface area contributed by atoms with E-state index in [0.717, 1.165) is 25.6 Å². The van der Waals surface area contributed by atoms with Gasteiger partial charge in [-0.15, -0.1) is 0 Å². The Balaban J connectivity index is 1.56. The molecular weight excluding hydrogens is 244 g/mol. The molecule has 1 heterocycles. The minimum atomic E-state index is 0.492. The van der Waals surface area contributed by atoms with Gasteiger partial charge in [0.1, 0.15) is 0 Å². The van der Waals surface area contributed by atoms with Crippen molar-refractivity contribution in [3.05, 3.63) is 29.8 Å². The SMILES string of the molecule is CC1(C)C(CNCC2CCNc3ccccc32)C1(C)C. The van der Waals surface area contributed by atoms with Crippen molar-refractivity contribution >= 4 is 5.69 Å². The molecule has 0 bridgehead atoms. The molecule has 1 aliphatic heterocycles. The first-order chi connectivity index (χ1) is 9.44. The highest BCUT2D eigenvalue weighted by Crippen LogP contribution is 2.67. The Morgan fingerprint density at radius 3 is 2.50 bits per heavy atom. The Hall–Kier alpha value is -1.02. The second-order valence-corrected chi connectivity index (χ2v) is 7.65. The quantitative estimate of drug-likeness (QED) is 0.870. The molecule has 20 heavy (non-hydrogen) atoms. The standard InChI is InChI=1S/C18H28N2/c1-17(2)16(18(17,3)4)12-19-11-13-9-10-20-15-8-6-5-7-14(13)15/h5-8,13,16,19-20H,9-12H2,1-4H3. The Morgan fingerprint density at radius 2 is 1.80 bits per heavy atom. The summed E-state index contributed by atoms with van der Waals surface area (Å²) in [7, 11) is 0. The van der Waals surface area contributed by atoms with Crippen molar-refractivity contribution < 1.29 is 0 Å². The summed E-state index contributed by atoms with van der Waals surface area (Å²) in [6, 6.07) is 8.76. The van der Waals surface area contributed by atoms with Gasteiger partial charge in [0.15, 0.2) is 0 Å². The van der Waals surface area contributed by atoms with Crippen molar-refractivity contribution in [1.29, 1.82) is 0 Å². The van der Waals surface area contributed by atoms with Crippen LogP contribution in [0.3, 0.4) is 0 Å². The van der Waals surface area contributed by atoms with E-state index in [1.165, 1.54) is 17.7 Å². The number of anilines is 1. The number of nitrogens with one attached hydrogen (secondary N) is 2. The van der Waals surface area contributed by atoms with Crippen LogP contribution in [0.5, 0.6) is 0 Å². The highest BCUT2D eigenvalue weighted by molar-refractivity contribution is 5.54. The largest absolute Gasteiger partial charge is 0.385 e. The first-order valence-corrected chi connectivity index (χ1v) is 7.98. The number of para-hydroxylation sites is 1. The average Bonchev–Trinajstić information content (AvgIpc) is 2.81. The summed E-state index contributed by atoms with van der Waals surface area (Å²) in [6.45, 7) is 13.0. The van der Waals surface area contributed by atoms with Crippen molar-refractivity contribution in [2.75, 3.05) is 25.0 Å². The molecule has 110 valence electrons. The fourth-order valence-electron chi connectivity index (χ4n) is 4.01. The maximum atomic E-state index is 3.74. The summed E-state index contributed by atoms with van der Waals surface area (Å²) in [5.74, 6) is 1.48. The molecule has 0 saturated heterocycles. The Morgan fingerprint density at radius 1 is 1.10 bits per heavy atom. The molecule has 0 radical (unpaired) electrons. The number of rotatable bonds is 4. The van der Waals surface area contributed by atoms with Crippen LogP contribution in [0.2, 0.25) is 0 Å². The third kappa shape index (κ3) is 2.14. The molecule has 2 heteroatoms. The minimum Gasteiger partial charge on any atom is -0.385 e. The number of benzene rings is 1. The van der Waals surface area contributed by atoms with E-state index in [1.807, 2.05) is 0 Å². The first kappa shape index (κ1) is 13.9. The van der Waals surface area contributed by atoms with Gasteiger partial charge in [0.2, 0.25) is 0 Å². The number of hydrogen-bond donors (Lipinski definition) is 2. The first-order valence-electron chi connectivity index (χ1n) is 7.98. The van der Waals surface area contributed by atoms with Crippen molar-refractivity contribution in [2.24, 2.45) is 16.7 Å². The van der Waals surface area contributed by atoms with Gasteiger partial charge in [0.25, 0.3) is 0 Å². The molecule has 1 aliphatic carbocycles. The zero-order valence-corrected chi connectivity index (χ0v) is 13.3. The zero-order chi connectivity index (χ0) is 14.4. The Bertz CT molecular complexity index is 476. The van der Waals surface area contributed by atoms with Crippen LogP contribution in [0, 0.1) is 16.7 Å². The van der Waals surface area contributed by atoms with Gasteiger partial charge in [0.05, 0.1) is 0 Å². The predicted octanol–water partition coefficient (Wildman–Crippen LogP) is 3.86. The van der Waals surface area contributed by atoms with Gasteiger partial charge in [-0.25, -0.2) is 0 Å². The Labute approximate surface area is 123 Å². The Kier molecular flexibility index (Phi) is 3.32. The molecule has 0 amide bonds. The lowest BCUT2D eigenvalue weighted by molar-refractivity contribution is 0.457. The van der Waals surface area contributed by atoms with Crippen LogP contribution in [-0.4, -0.2) is 19.6 Å². The van der Waals surface area contributed by atoms with E-state index in [-0.39, 0.29) is 0 Å². The van der Waals surface area contributed by atoms with Crippen LogP contribution in [-0.2, 0) is 0 Å². The van der Waals surface area contributed by atoms with Crippen LogP contribution < -0.4 is 10.6 Å². The summed E-state index contributed by atoms with van der Waals surface area (Å²) in [5, 5.41) is 7.24. The average molecular weight is 272 g/mol. The molecule has 0 spiro atoms.